The van der Waals surface area contributed by atoms with Gasteiger partial charge in [-0.05, 0) is 31.0 Å². The Balaban J connectivity index is 2.72. The summed E-state index contributed by atoms with van der Waals surface area (Å²) in [5, 5.41) is 0.160. The van der Waals surface area contributed by atoms with Gasteiger partial charge in [-0.2, -0.15) is 0 Å². The van der Waals surface area contributed by atoms with Crippen LogP contribution in [0.15, 0.2) is 18.2 Å². The number of sulfonamides is 1. The molecule has 0 unspecified atom stereocenters. The molecule has 0 fully saturated rings. The second-order valence-electron chi connectivity index (χ2n) is 3.44. The molecular weight excluding hydrogens is 288 g/mol. The van der Waals surface area contributed by atoms with E-state index >= 15 is 0 Å². The first kappa shape index (κ1) is 14.5. The van der Waals surface area contributed by atoms with Crippen LogP contribution >= 0.6 is 23.2 Å². The Kier molecular flexibility index (Phi) is 5.49. The average Bonchev–Trinajstić information content (AvgIpc) is 2.23. The van der Waals surface area contributed by atoms with Crippen LogP contribution in [0.1, 0.15) is 12.8 Å². The minimum absolute atomic E-state index is 0.0533. The van der Waals surface area contributed by atoms with E-state index in [0.29, 0.717) is 18.7 Å². The Morgan fingerprint density at radius 3 is 2.65 bits per heavy atom. The van der Waals surface area contributed by atoms with Crippen molar-refractivity contribution in [3.8, 4) is 0 Å². The zero-order valence-electron chi connectivity index (χ0n) is 8.92. The van der Waals surface area contributed by atoms with E-state index in [1.807, 2.05) is 0 Å². The fourth-order valence-corrected chi connectivity index (χ4v) is 2.78. The molecule has 0 saturated carbocycles. The molecule has 0 aliphatic heterocycles. The Morgan fingerprint density at radius 1 is 1.29 bits per heavy atom. The summed E-state index contributed by atoms with van der Waals surface area (Å²) in [4.78, 5) is 0. The number of rotatable bonds is 6. The van der Waals surface area contributed by atoms with Crippen LogP contribution in [0.3, 0.4) is 0 Å². The van der Waals surface area contributed by atoms with Gasteiger partial charge in [0.15, 0.2) is 0 Å². The molecule has 0 radical (unpaired) electrons. The summed E-state index contributed by atoms with van der Waals surface area (Å²) in [5.41, 5.74) is 0.0533. The summed E-state index contributed by atoms with van der Waals surface area (Å²) in [6.07, 6.45) is 1.06. The Hall–Kier alpha value is -0.520. The van der Waals surface area contributed by atoms with Crippen molar-refractivity contribution in [2.24, 2.45) is 0 Å². The van der Waals surface area contributed by atoms with Gasteiger partial charge in [0.1, 0.15) is 5.82 Å². The normalized spacial score (nSPS) is 11.5. The molecule has 1 N–H and O–H groups in total. The molecule has 0 spiro atoms. The molecule has 0 saturated heterocycles. The van der Waals surface area contributed by atoms with Crippen molar-refractivity contribution in [3.05, 3.63) is 29.0 Å². The summed E-state index contributed by atoms with van der Waals surface area (Å²) in [6.45, 7) is 0. The molecule has 0 aliphatic rings. The zero-order chi connectivity index (χ0) is 12.9. The highest BCUT2D eigenvalue weighted by atomic mass is 35.5. The predicted molar refractivity (Wildman–Crippen MR) is 68.8 cm³/mol. The molecule has 0 aromatic heterocycles. The summed E-state index contributed by atoms with van der Waals surface area (Å²) in [6, 6.07) is 3.50. The summed E-state index contributed by atoms with van der Waals surface area (Å²) < 4.78 is 38.4. The minimum Gasteiger partial charge on any atom is -0.282 e. The van der Waals surface area contributed by atoms with E-state index in [0.717, 1.165) is 12.1 Å². The molecule has 0 bridgehead atoms. The number of alkyl halides is 1. The van der Waals surface area contributed by atoms with Gasteiger partial charge in [0, 0.05) is 5.88 Å². The van der Waals surface area contributed by atoms with Crippen LogP contribution in [-0.4, -0.2) is 20.1 Å². The van der Waals surface area contributed by atoms with Crippen molar-refractivity contribution < 1.29 is 12.8 Å². The number of hydrogen-bond acceptors (Lipinski definition) is 2. The van der Waals surface area contributed by atoms with Gasteiger partial charge < -0.3 is 0 Å². The number of anilines is 1. The molecule has 1 aromatic rings. The van der Waals surface area contributed by atoms with Crippen molar-refractivity contribution in [1.82, 2.24) is 0 Å². The summed E-state index contributed by atoms with van der Waals surface area (Å²) >= 11 is 11.2. The van der Waals surface area contributed by atoms with Gasteiger partial charge in [-0.3, -0.25) is 4.72 Å². The molecule has 0 atom stereocenters. The number of benzene rings is 1. The summed E-state index contributed by atoms with van der Waals surface area (Å²) in [7, 11) is -3.51. The molecule has 0 aliphatic carbocycles. The Labute approximate surface area is 110 Å². The van der Waals surface area contributed by atoms with Gasteiger partial charge in [0.25, 0.3) is 0 Å². The second-order valence-corrected chi connectivity index (χ2v) is 6.07. The van der Waals surface area contributed by atoms with Gasteiger partial charge in [0.2, 0.25) is 10.0 Å². The lowest BCUT2D eigenvalue weighted by Crippen LogP contribution is -2.17. The number of unbranched alkanes of at least 4 members (excludes halogenated alkanes) is 1. The van der Waals surface area contributed by atoms with Crippen molar-refractivity contribution in [1.29, 1.82) is 0 Å². The lowest BCUT2D eigenvalue weighted by Gasteiger charge is -2.09. The largest absolute Gasteiger partial charge is 0.282 e. The molecule has 1 rings (SSSR count). The van der Waals surface area contributed by atoms with Crippen molar-refractivity contribution in [2.75, 3.05) is 16.4 Å². The van der Waals surface area contributed by atoms with Crippen molar-refractivity contribution in [2.45, 2.75) is 12.8 Å². The van der Waals surface area contributed by atoms with Gasteiger partial charge in [-0.25, -0.2) is 12.8 Å². The van der Waals surface area contributed by atoms with Crippen LogP contribution < -0.4 is 4.72 Å². The van der Waals surface area contributed by atoms with Gasteiger partial charge in [0.05, 0.1) is 16.5 Å². The van der Waals surface area contributed by atoms with E-state index in [4.69, 9.17) is 23.2 Å². The number of halogens is 3. The lowest BCUT2D eigenvalue weighted by molar-refractivity contribution is 0.598. The van der Waals surface area contributed by atoms with E-state index < -0.39 is 15.8 Å². The van der Waals surface area contributed by atoms with E-state index in [1.54, 1.807) is 0 Å². The highest BCUT2D eigenvalue weighted by Crippen LogP contribution is 2.23. The molecule has 0 amide bonds. The molecular formula is C10H12Cl2FNO2S. The van der Waals surface area contributed by atoms with E-state index in [-0.39, 0.29) is 16.5 Å². The topological polar surface area (TPSA) is 46.2 Å². The summed E-state index contributed by atoms with van der Waals surface area (Å²) in [5.74, 6) is -0.198. The van der Waals surface area contributed by atoms with Crippen LogP contribution in [0.4, 0.5) is 10.1 Å². The molecule has 1 aromatic carbocycles. The van der Waals surface area contributed by atoms with E-state index in [1.165, 1.54) is 6.07 Å². The fourth-order valence-electron chi connectivity index (χ4n) is 1.18. The fraction of sp³-hybridized carbons (Fsp3) is 0.400. The third-order valence-electron chi connectivity index (χ3n) is 1.99. The maximum atomic E-state index is 12.9. The SMILES string of the molecule is O=S(=O)(CCCCCl)Nc1cc(F)ccc1Cl. The highest BCUT2D eigenvalue weighted by molar-refractivity contribution is 7.92. The molecule has 3 nitrogen and oxygen atoms in total. The van der Waals surface area contributed by atoms with Crippen molar-refractivity contribution in [3.63, 3.8) is 0 Å². The van der Waals surface area contributed by atoms with Crippen LogP contribution in [0, 0.1) is 5.82 Å². The minimum atomic E-state index is -3.51. The third-order valence-corrected chi connectivity index (χ3v) is 3.94. The number of nitrogens with one attached hydrogen (secondary N) is 1. The lowest BCUT2D eigenvalue weighted by atomic mass is 10.3. The van der Waals surface area contributed by atoms with Crippen molar-refractivity contribution >= 4 is 38.9 Å². The first-order chi connectivity index (χ1) is 7.94. The molecule has 0 heterocycles. The van der Waals surface area contributed by atoms with Crippen LogP contribution in [0.2, 0.25) is 5.02 Å². The molecule has 17 heavy (non-hydrogen) atoms. The quantitative estimate of drug-likeness (QED) is 0.647. The van der Waals surface area contributed by atoms with Gasteiger partial charge in [-0.15, -0.1) is 11.6 Å². The average molecular weight is 300 g/mol. The van der Waals surface area contributed by atoms with Crippen LogP contribution in [0.5, 0.6) is 0 Å². The van der Waals surface area contributed by atoms with E-state index in [2.05, 4.69) is 4.72 Å². The number of hydrogen-bond donors (Lipinski definition) is 1. The maximum absolute atomic E-state index is 12.9. The first-order valence-electron chi connectivity index (χ1n) is 4.96. The van der Waals surface area contributed by atoms with Gasteiger partial charge in [-0.1, -0.05) is 11.6 Å². The van der Waals surface area contributed by atoms with Crippen LogP contribution in [-0.2, 0) is 10.0 Å². The smallest absolute Gasteiger partial charge is 0.232 e. The van der Waals surface area contributed by atoms with E-state index in [9.17, 15) is 12.8 Å². The molecule has 96 valence electrons. The predicted octanol–water partition coefficient (Wildman–Crippen LogP) is 3.24. The zero-order valence-corrected chi connectivity index (χ0v) is 11.2. The highest BCUT2D eigenvalue weighted by Gasteiger charge is 2.12. The standard InChI is InChI=1S/C10H12Cl2FNO2S/c11-5-1-2-6-17(15,16)14-10-7-8(13)3-4-9(10)12/h3-4,7,14H,1-2,5-6H2. The third kappa shape index (κ3) is 5.10. The monoisotopic (exact) mass is 299 g/mol. The second kappa shape index (κ2) is 6.42. The Bertz CT molecular complexity index is 479. The van der Waals surface area contributed by atoms with Gasteiger partial charge >= 0.3 is 0 Å². The maximum Gasteiger partial charge on any atom is 0.232 e. The molecule has 7 heteroatoms. The van der Waals surface area contributed by atoms with Crippen LogP contribution in [0.25, 0.3) is 0 Å². The first-order valence-corrected chi connectivity index (χ1v) is 7.52. The Morgan fingerprint density at radius 2 is 2.00 bits per heavy atom.